The number of ether oxygens (including phenoxy) is 1. The molecule has 3 nitrogen and oxygen atoms in total. The van der Waals surface area contributed by atoms with Gasteiger partial charge in [-0.05, 0) is 37.1 Å². The average molecular weight is 266 g/mol. The van der Waals surface area contributed by atoms with Crippen molar-refractivity contribution in [3.05, 3.63) is 47.3 Å². The lowest BCUT2D eigenvalue weighted by atomic mass is 10.0. The number of rotatable bonds is 8. The Hall–Kier alpha value is -1.23. The molecular formula is C15H23FN2O. The summed E-state index contributed by atoms with van der Waals surface area (Å²) in [5.74, 6) is -0.237. The quantitative estimate of drug-likeness (QED) is 0.561. The molecule has 0 aliphatic rings. The van der Waals surface area contributed by atoms with E-state index in [1.54, 1.807) is 6.07 Å². The van der Waals surface area contributed by atoms with Crippen LogP contribution in [0, 0.1) is 12.7 Å². The fraction of sp³-hybridized carbons (Fsp3) is 0.467. The Kier molecular flexibility index (Phi) is 6.70. The van der Waals surface area contributed by atoms with Crippen molar-refractivity contribution in [2.24, 2.45) is 5.73 Å². The summed E-state index contributed by atoms with van der Waals surface area (Å²) in [5, 5.41) is 3.28. The number of benzene rings is 1. The largest absolute Gasteiger partial charge is 0.376 e. The van der Waals surface area contributed by atoms with Crippen LogP contribution in [0.15, 0.2) is 30.4 Å². The number of aryl methyl sites for hydroxylation is 1. The molecule has 106 valence electrons. The van der Waals surface area contributed by atoms with Gasteiger partial charge >= 0.3 is 0 Å². The van der Waals surface area contributed by atoms with E-state index in [0.717, 1.165) is 16.7 Å². The number of nitrogens with two attached hydrogens (primary N) is 1. The third-order valence-corrected chi connectivity index (χ3v) is 2.84. The first-order valence-electron chi connectivity index (χ1n) is 6.46. The number of hydrogen-bond donors (Lipinski definition) is 2. The van der Waals surface area contributed by atoms with Crippen LogP contribution < -0.4 is 11.1 Å². The maximum Gasteiger partial charge on any atom is 0.123 e. The molecule has 1 rings (SSSR count). The van der Waals surface area contributed by atoms with Gasteiger partial charge < -0.3 is 15.8 Å². The van der Waals surface area contributed by atoms with Crippen molar-refractivity contribution in [1.82, 2.24) is 5.32 Å². The lowest BCUT2D eigenvalue weighted by Crippen LogP contribution is -2.31. The number of halogens is 1. The van der Waals surface area contributed by atoms with E-state index in [1.165, 1.54) is 12.1 Å². The van der Waals surface area contributed by atoms with Crippen molar-refractivity contribution in [1.29, 1.82) is 0 Å². The van der Waals surface area contributed by atoms with Crippen LogP contribution in [-0.4, -0.2) is 26.3 Å². The highest BCUT2D eigenvalue weighted by molar-refractivity contribution is 5.29. The van der Waals surface area contributed by atoms with Gasteiger partial charge in [-0.2, -0.15) is 0 Å². The summed E-state index contributed by atoms with van der Waals surface area (Å²) in [7, 11) is 0. The third kappa shape index (κ3) is 5.51. The summed E-state index contributed by atoms with van der Waals surface area (Å²) < 4.78 is 18.7. The molecule has 0 bridgehead atoms. The van der Waals surface area contributed by atoms with Crippen molar-refractivity contribution in [3.63, 3.8) is 0 Å². The van der Waals surface area contributed by atoms with Gasteiger partial charge in [-0.25, -0.2) is 4.39 Å². The second kappa shape index (κ2) is 8.04. The van der Waals surface area contributed by atoms with Gasteiger partial charge in [0.1, 0.15) is 5.82 Å². The van der Waals surface area contributed by atoms with Gasteiger partial charge in [0.25, 0.3) is 0 Å². The minimum atomic E-state index is -0.237. The van der Waals surface area contributed by atoms with Crippen LogP contribution in [0.1, 0.15) is 24.1 Å². The molecule has 1 unspecified atom stereocenters. The van der Waals surface area contributed by atoms with Crippen LogP contribution in [0.4, 0.5) is 4.39 Å². The summed E-state index contributed by atoms with van der Waals surface area (Å²) in [6, 6.07) is 4.72. The Bertz CT molecular complexity index is 421. The molecule has 4 heteroatoms. The molecule has 1 aromatic carbocycles. The highest BCUT2D eigenvalue weighted by Crippen LogP contribution is 2.18. The zero-order valence-electron chi connectivity index (χ0n) is 11.7. The lowest BCUT2D eigenvalue weighted by Gasteiger charge is -2.19. The second-order valence-electron chi connectivity index (χ2n) is 4.75. The maximum atomic E-state index is 13.3. The van der Waals surface area contributed by atoms with Crippen molar-refractivity contribution < 1.29 is 9.13 Å². The van der Waals surface area contributed by atoms with Crippen LogP contribution in [-0.2, 0) is 4.74 Å². The molecule has 1 atom stereocenters. The van der Waals surface area contributed by atoms with E-state index in [9.17, 15) is 4.39 Å². The first kappa shape index (κ1) is 15.8. The molecule has 0 amide bonds. The van der Waals surface area contributed by atoms with Crippen LogP contribution in [0.5, 0.6) is 0 Å². The summed E-state index contributed by atoms with van der Waals surface area (Å²) >= 11 is 0. The van der Waals surface area contributed by atoms with Gasteiger partial charge in [0.2, 0.25) is 0 Å². The van der Waals surface area contributed by atoms with Crippen molar-refractivity contribution in [2.75, 3.05) is 26.3 Å². The third-order valence-electron chi connectivity index (χ3n) is 2.84. The molecule has 0 radical (unpaired) electrons. The van der Waals surface area contributed by atoms with Gasteiger partial charge in [-0.1, -0.05) is 18.2 Å². The molecule has 19 heavy (non-hydrogen) atoms. The van der Waals surface area contributed by atoms with Crippen LogP contribution in [0.25, 0.3) is 0 Å². The highest BCUT2D eigenvalue weighted by Gasteiger charge is 2.12. The van der Waals surface area contributed by atoms with Crippen molar-refractivity contribution in [3.8, 4) is 0 Å². The van der Waals surface area contributed by atoms with Gasteiger partial charge in [-0.15, -0.1) is 0 Å². The molecule has 0 heterocycles. The Balaban J connectivity index is 2.49. The fourth-order valence-electron chi connectivity index (χ4n) is 1.86. The number of hydrogen-bond acceptors (Lipinski definition) is 3. The maximum absolute atomic E-state index is 13.3. The summed E-state index contributed by atoms with van der Waals surface area (Å²) in [4.78, 5) is 0. The molecule has 0 saturated heterocycles. The minimum absolute atomic E-state index is 0.0517. The standard InChI is InChI=1S/C15H23FN2O/c1-11(2)10-19-7-6-18-15(9-17)14-8-13(16)5-4-12(14)3/h4-5,8,15,18H,1,6-7,9-10,17H2,2-3H3. The minimum Gasteiger partial charge on any atom is -0.376 e. The first-order valence-corrected chi connectivity index (χ1v) is 6.46. The molecule has 0 spiro atoms. The average Bonchev–Trinajstić information content (AvgIpc) is 2.37. The summed E-state index contributed by atoms with van der Waals surface area (Å²) in [6.07, 6.45) is 0. The zero-order chi connectivity index (χ0) is 14.3. The van der Waals surface area contributed by atoms with E-state index < -0.39 is 0 Å². The van der Waals surface area contributed by atoms with Crippen molar-refractivity contribution in [2.45, 2.75) is 19.9 Å². The van der Waals surface area contributed by atoms with Crippen molar-refractivity contribution >= 4 is 0 Å². The molecule has 0 saturated carbocycles. The highest BCUT2D eigenvalue weighted by atomic mass is 19.1. The molecule has 1 aromatic rings. The molecule has 0 aromatic heterocycles. The summed E-state index contributed by atoms with van der Waals surface area (Å²) in [6.45, 7) is 9.88. The van der Waals surface area contributed by atoms with E-state index >= 15 is 0 Å². The molecular weight excluding hydrogens is 243 g/mol. The second-order valence-corrected chi connectivity index (χ2v) is 4.75. The Morgan fingerprint density at radius 1 is 1.53 bits per heavy atom. The molecule has 0 aliphatic heterocycles. The zero-order valence-corrected chi connectivity index (χ0v) is 11.7. The summed E-state index contributed by atoms with van der Waals surface area (Å²) in [5.41, 5.74) is 8.68. The van der Waals surface area contributed by atoms with Crippen LogP contribution in [0.3, 0.4) is 0 Å². The van der Waals surface area contributed by atoms with Gasteiger partial charge in [-0.3, -0.25) is 0 Å². The van der Waals surface area contributed by atoms with E-state index in [2.05, 4.69) is 11.9 Å². The molecule has 0 aliphatic carbocycles. The molecule has 3 N–H and O–H groups in total. The van der Waals surface area contributed by atoms with Gasteiger partial charge in [0.05, 0.1) is 13.2 Å². The first-order chi connectivity index (χ1) is 9.04. The number of nitrogens with one attached hydrogen (secondary N) is 1. The predicted molar refractivity (Wildman–Crippen MR) is 76.6 cm³/mol. The van der Waals surface area contributed by atoms with E-state index in [4.69, 9.17) is 10.5 Å². The van der Waals surface area contributed by atoms with E-state index in [1.807, 2.05) is 13.8 Å². The Morgan fingerprint density at radius 3 is 2.89 bits per heavy atom. The van der Waals surface area contributed by atoms with Gasteiger partial charge in [0, 0.05) is 19.1 Å². The Labute approximate surface area is 114 Å². The van der Waals surface area contributed by atoms with E-state index in [-0.39, 0.29) is 11.9 Å². The lowest BCUT2D eigenvalue weighted by molar-refractivity contribution is 0.155. The van der Waals surface area contributed by atoms with Crippen LogP contribution >= 0.6 is 0 Å². The topological polar surface area (TPSA) is 47.3 Å². The van der Waals surface area contributed by atoms with Gasteiger partial charge in [0.15, 0.2) is 0 Å². The Morgan fingerprint density at radius 2 is 2.26 bits per heavy atom. The monoisotopic (exact) mass is 266 g/mol. The SMILES string of the molecule is C=C(C)COCCNC(CN)c1cc(F)ccc1C. The molecule has 0 fully saturated rings. The fourth-order valence-corrected chi connectivity index (χ4v) is 1.86. The normalized spacial score (nSPS) is 12.4. The smallest absolute Gasteiger partial charge is 0.123 e. The van der Waals surface area contributed by atoms with E-state index in [0.29, 0.717) is 26.3 Å². The van der Waals surface area contributed by atoms with Crippen LogP contribution in [0.2, 0.25) is 0 Å². The predicted octanol–water partition coefficient (Wildman–Crippen LogP) is 2.32.